The molecule has 0 bridgehead atoms. The second-order valence-electron chi connectivity index (χ2n) is 2.21. The Morgan fingerprint density at radius 3 is 2.64 bits per heavy atom. The Hall–Kier alpha value is -0.860. The molecule has 1 aromatic carbocycles. The Kier molecular flexibility index (Phi) is 2.63. The lowest BCUT2D eigenvalue weighted by Crippen LogP contribution is -2.42. The highest BCUT2D eigenvalue weighted by Crippen LogP contribution is 2.09. The molecule has 0 aromatic heterocycles. The maximum absolute atomic E-state index is 11.1. The molecule has 0 saturated heterocycles. The maximum Gasteiger partial charge on any atom is 0.183 e. The molecule has 1 aromatic rings. The molecular formula is C8H9ClNO+. The van der Waals surface area contributed by atoms with Gasteiger partial charge in [0, 0.05) is 0 Å². The molecule has 3 N–H and O–H groups in total. The quantitative estimate of drug-likeness (QED) is 0.522. The standard InChI is InChI=1S/C8H8ClNO/c9-5-8(11)6-3-1-2-4-7(6)10/h1-4H,5,10H2/p+1. The number of benzene rings is 1. The van der Waals surface area contributed by atoms with E-state index in [0.29, 0.717) is 5.56 Å². The molecule has 0 aliphatic carbocycles. The minimum atomic E-state index is -0.0720. The first-order valence-corrected chi connectivity index (χ1v) is 3.79. The highest BCUT2D eigenvalue weighted by molar-refractivity contribution is 6.30. The van der Waals surface area contributed by atoms with Gasteiger partial charge in [-0.2, -0.15) is 0 Å². The van der Waals surface area contributed by atoms with E-state index in [0.717, 1.165) is 5.69 Å². The monoisotopic (exact) mass is 170 g/mol. The van der Waals surface area contributed by atoms with Gasteiger partial charge < -0.3 is 5.73 Å². The van der Waals surface area contributed by atoms with Crippen LogP contribution in [0.2, 0.25) is 0 Å². The van der Waals surface area contributed by atoms with Crippen molar-refractivity contribution in [1.29, 1.82) is 0 Å². The molecule has 2 nitrogen and oxygen atoms in total. The Morgan fingerprint density at radius 1 is 1.45 bits per heavy atom. The normalized spacial score (nSPS) is 9.64. The lowest BCUT2D eigenvalue weighted by Gasteiger charge is -1.96. The fourth-order valence-electron chi connectivity index (χ4n) is 0.864. The summed E-state index contributed by atoms with van der Waals surface area (Å²) in [7, 11) is 0. The van der Waals surface area contributed by atoms with Crippen LogP contribution < -0.4 is 5.73 Å². The number of alkyl halides is 1. The van der Waals surface area contributed by atoms with Gasteiger partial charge in [-0.05, 0) is 12.1 Å². The van der Waals surface area contributed by atoms with Crippen LogP contribution in [0.4, 0.5) is 5.69 Å². The van der Waals surface area contributed by atoms with E-state index in [4.69, 9.17) is 11.6 Å². The van der Waals surface area contributed by atoms with E-state index >= 15 is 0 Å². The second-order valence-corrected chi connectivity index (χ2v) is 2.48. The number of Topliss-reactive ketones (excluding diaryl/α,β-unsaturated/α-hetero) is 1. The van der Waals surface area contributed by atoms with Crippen molar-refractivity contribution in [1.82, 2.24) is 0 Å². The maximum atomic E-state index is 11.1. The zero-order chi connectivity index (χ0) is 8.27. The van der Waals surface area contributed by atoms with Crippen molar-refractivity contribution < 1.29 is 10.5 Å². The van der Waals surface area contributed by atoms with Crippen molar-refractivity contribution in [2.45, 2.75) is 0 Å². The molecule has 0 radical (unpaired) electrons. The van der Waals surface area contributed by atoms with Crippen LogP contribution in [0.15, 0.2) is 24.3 Å². The van der Waals surface area contributed by atoms with E-state index in [-0.39, 0.29) is 11.7 Å². The average Bonchev–Trinajstić information content (AvgIpc) is 2.04. The van der Waals surface area contributed by atoms with Gasteiger partial charge >= 0.3 is 0 Å². The third kappa shape index (κ3) is 1.79. The predicted octanol–water partition coefficient (Wildman–Crippen LogP) is 0.981. The number of ketones is 1. The summed E-state index contributed by atoms with van der Waals surface area (Å²) in [6, 6.07) is 7.16. The first-order valence-electron chi connectivity index (χ1n) is 3.26. The van der Waals surface area contributed by atoms with Gasteiger partial charge in [0.25, 0.3) is 0 Å². The lowest BCUT2D eigenvalue weighted by atomic mass is 10.1. The van der Waals surface area contributed by atoms with Crippen LogP contribution in [0.25, 0.3) is 0 Å². The molecule has 0 unspecified atom stereocenters. The van der Waals surface area contributed by atoms with Gasteiger partial charge in [0.1, 0.15) is 5.69 Å². The fourth-order valence-corrected chi connectivity index (χ4v) is 1.01. The third-order valence-electron chi connectivity index (χ3n) is 1.44. The number of carbonyl (C=O) groups is 1. The van der Waals surface area contributed by atoms with Gasteiger partial charge in [0.2, 0.25) is 0 Å². The number of halogens is 1. The van der Waals surface area contributed by atoms with Gasteiger partial charge in [-0.15, -0.1) is 11.6 Å². The van der Waals surface area contributed by atoms with Crippen molar-refractivity contribution >= 4 is 23.1 Å². The molecule has 0 fully saturated rings. The van der Waals surface area contributed by atoms with Crippen molar-refractivity contribution in [3.8, 4) is 0 Å². The van der Waals surface area contributed by atoms with Crippen molar-refractivity contribution in [3.63, 3.8) is 0 Å². The minimum absolute atomic E-state index is 0.0204. The smallest absolute Gasteiger partial charge is 0.183 e. The molecule has 0 saturated carbocycles. The summed E-state index contributed by atoms with van der Waals surface area (Å²) < 4.78 is 0. The van der Waals surface area contributed by atoms with Crippen LogP contribution in [0.1, 0.15) is 10.4 Å². The highest BCUT2D eigenvalue weighted by atomic mass is 35.5. The van der Waals surface area contributed by atoms with E-state index < -0.39 is 0 Å². The third-order valence-corrected chi connectivity index (χ3v) is 1.68. The molecule has 1 rings (SSSR count). The predicted molar refractivity (Wildman–Crippen MR) is 44.0 cm³/mol. The molecule has 0 aliphatic rings. The van der Waals surface area contributed by atoms with Crippen molar-refractivity contribution in [2.24, 2.45) is 0 Å². The van der Waals surface area contributed by atoms with E-state index in [9.17, 15) is 4.79 Å². The second kappa shape index (κ2) is 3.51. The summed E-state index contributed by atoms with van der Waals surface area (Å²) in [5, 5.41) is 0. The minimum Gasteiger partial charge on any atom is -0.325 e. The van der Waals surface area contributed by atoms with Crippen LogP contribution in [0.5, 0.6) is 0 Å². The Labute approximate surface area is 70.0 Å². The van der Waals surface area contributed by atoms with E-state index in [1.807, 2.05) is 6.07 Å². The van der Waals surface area contributed by atoms with Gasteiger partial charge in [-0.25, -0.2) is 0 Å². The lowest BCUT2D eigenvalue weighted by molar-refractivity contribution is -0.255. The van der Waals surface area contributed by atoms with E-state index in [2.05, 4.69) is 5.73 Å². The van der Waals surface area contributed by atoms with Gasteiger partial charge in [-0.1, -0.05) is 12.1 Å². The molecule has 0 spiro atoms. The number of carbonyl (C=O) groups excluding carboxylic acids is 1. The Balaban J connectivity index is 3.03. The van der Waals surface area contributed by atoms with Gasteiger partial charge in [0.15, 0.2) is 5.78 Å². The topological polar surface area (TPSA) is 44.7 Å². The molecule has 0 amide bonds. The summed E-state index contributed by atoms with van der Waals surface area (Å²) in [6.07, 6.45) is 0. The molecule has 0 heterocycles. The highest BCUT2D eigenvalue weighted by Gasteiger charge is 2.08. The number of quaternary nitrogens is 1. The van der Waals surface area contributed by atoms with Gasteiger partial charge in [-0.3, -0.25) is 4.79 Å². The van der Waals surface area contributed by atoms with Crippen LogP contribution in [-0.2, 0) is 0 Å². The SMILES string of the molecule is [NH3+]c1ccccc1C(=O)CCl. The zero-order valence-corrected chi connectivity index (χ0v) is 6.77. The van der Waals surface area contributed by atoms with Crippen LogP contribution >= 0.6 is 11.6 Å². The van der Waals surface area contributed by atoms with Crippen molar-refractivity contribution in [3.05, 3.63) is 29.8 Å². The first-order chi connectivity index (χ1) is 5.25. The van der Waals surface area contributed by atoms with Crippen LogP contribution in [0.3, 0.4) is 0 Å². The van der Waals surface area contributed by atoms with Crippen molar-refractivity contribution in [2.75, 3.05) is 5.88 Å². The average molecular weight is 171 g/mol. The number of hydrogen-bond acceptors (Lipinski definition) is 1. The van der Waals surface area contributed by atoms with E-state index in [1.165, 1.54) is 0 Å². The summed E-state index contributed by atoms with van der Waals surface area (Å²) in [6.45, 7) is 0. The number of hydrogen-bond donors (Lipinski definition) is 1. The summed E-state index contributed by atoms with van der Waals surface area (Å²) in [5.74, 6) is -0.0516. The Bertz CT molecular complexity index is 273. The summed E-state index contributed by atoms with van der Waals surface area (Å²) in [5.41, 5.74) is 5.06. The van der Waals surface area contributed by atoms with Crippen LogP contribution in [-0.4, -0.2) is 11.7 Å². The molecule has 11 heavy (non-hydrogen) atoms. The van der Waals surface area contributed by atoms with Gasteiger partial charge in [0.05, 0.1) is 11.4 Å². The largest absolute Gasteiger partial charge is 0.325 e. The molecular weight excluding hydrogens is 162 g/mol. The fraction of sp³-hybridized carbons (Fsp3) is 0.125. The number of rotatable bonds is 2. The molecule has 0 atom stereocenters. The molecule has 3 heteroatoms. The van der Waals surface area contributed by atoms with E-state index in [1.54, 1.807) is 18.2 Å². The first kappa shape index (κ1) is 8.24. The Morgan fingerprint density at radius 2 is 2.09 bits per heavy atom. The van der Waals surface area contributed by atoms with Crippen LogP contribution in [0, 0.1) is 0 Å². The summed E-state index contributed by atoms with van der Waals surface area (Å²) >= 11 is 5.38. The zero-order valence-electron chi connectivity index (χ0n) is 6.01. The molecule has 0 aliphatic heterocycles. The molecule has 58 valence electrons. The summed E-state index contributed by atoms with van der Waals surface area (Å²) in [4.78, 5) is 11.1.